The van der Waals surface area contributed by atoms with Gasteiger partial charge in [-0.3, -0.25) is 0 Å². The van der Waals surface area contributed by atoms with Crippen LogP contribution in [0.15, 0.2) is 24.3 Å². The molecule has 20 heavy (non-hydrogen) atoms. The predicted molar refractivity (Wildman–Crippen MR) is 79.7 cm³/mol. The number of nitrogens with zero attached hydrogens (tertiary/aromatic N) is 4. The van der Waals surface area contributed by atoms with Crippen LogP contribution in [0.5, 0.6) is 0 Å². The topological polar surface area (TPSA) is 55.6 Å². The monoisotopic (exact) mass is 293 g/mol. The summed E-state index contributed by atoms with van der Waals surface area (Å²) < 4.78 is 0. The lowest BCUT2D eigenvalue weighted by Gasteiger charge is -2.17. The maximum Gasteiger partial charge on any atom is 0.176 e. The maximum absolute atomic E-state index is 6.23. The van der Waals surface area contributed by atoms with Gasteiger partial charge in [0.05, 0.1) is 7.05 Å². The number of benzene rings is 1. The highest BCUT2D eigenvalue weighted by Gasteiger charge is 2.14. The van der Waals surface area contributed by atoms with Crippen molar-refractivity contribution in [1.82, 2.24) is 25.5 Å². The van der Waals surface area contributed by atoms with E-state index in [0.29, 0.717) is 0 Å². The molecule has 0 saturated heterocycles. The fourth-order valence-electron chi connectivity index (χ4n) is 2.12. The number of aryl methyl sites for hydroxylation is 1. The van der Waals surface area contributed by atoms with E-state index >= 15 is 0 Å². The molecule has 6 heteroatoms. The molecule has 0 radical (unpaired) electrons. The summed E-state index contributed by atoms with van der Waals surface area (Å²) in [6, 6.07) is 8.21. The molecule has 2 aromatic rings. The van der Waals surface area contributed by atoms with Crippen molar-refractivity contribution in [2.75, 3.05) is 6.54 Å². The Morgan fingerprint density at radius 1 is 1.30 bits per heavy atom. The molecule has 1 aromatic carbocycles. The maximum atomic E-state index is 6.23. The minimum atomic E-state index is 0.263. The second kappa shape index (κ2) is 7.36. The van der Waals surface area contributed by atoms with Crippen LogP contribution in [0.3, 0.4) is 0 Å². The van der Waals surface area contributed by atoms with Crippen molar-refractivity contribution in [1.29, 1.82) is 0 Å². The standard InChI is InChI=1S/C14H20ClN5/c1-3-8-16-12(10-14-17-19-20(2)18-14)9-11-6-4-5-7-13(11)15/h4-7,12,16H,3,8-10H2,1-2H3. The lowest BCUT2D eigenvalue weighted by atomic mass is 10.0. The van der Waals surface area contributed by atoms with Crippen LogP contribution in [0.4, 0.5) is 0 Å². The summed E-state index contributed by atoms with van der Waals surface area (Å²) in [4.78, 5) is 1.49. The number of rotatable bonds is 7. The predicted octanol–water partition coefficient (Wildman–Crippen LogP) is 2.02. The van der Waals surface area contributed by atoms with Crippen molar-refractivity contribution in [3.63, 3.8) is 0 Å². The van der Waals surface area contributed by atoms with Crippen LogP contribution < -0.4 is 5.32 Å². The Morgan fingerprint density at radius 3 is 2.75 bits per heavy atom. The first-order chi connectivity index (χ1) is 9.69. The molecule has 1 heterocycles. The summed E-state index contributed by atoms with van der Waals surface area (Å²) in [5.74, 6) is 0.758. The SMILES string of the molecule is CCCNC(Cc1nnn(C)n1)Cc1ccccc1Cl. The molecule has 0 aliphatic heterocycles. The van der Waals surface area contributed by atoms with E-state index in [2.05, 4.69) is 33.7 Å². The van der Waals surface area contributed by atoms with E-state index in [0.717, 1.165) is 42.2 Å². The molecule has 0 saturated carbocycles. The summed E-state index contributed by atoms with van der Waals surface area (Å²) in [5.41, 5.74) is 1.15. The van der Waals surface area contributed by atoms with Gasteiger partial charge in [-0.2, -0.15) is 4.80 Å². The van der Waals surface area contributed by atoms with Crippen LogP contribution in [0.1, 0.15) is 24.7 Å². The lowest BCUT2D eigenvalue weighted by Crippen LogP contribution is -2.34. The smallest absolute Gasteiger partial charge is 0.176 e. The van der Waals surface area contributed by atoms with Crippen LogP contribution in [0, 0.1) is 0 Å². The van der Waals surface area contributed by atoms with Crippen molar-refractivity contribution in [2.45, 2.75) is 32.2 Å². The number of aromatic nitrogens is 4. The fraction of sp³-hybridized carbons (Fsp3) is 0.500. The Kier molecular flexibility index (Phi) is 5.49. The van der Waals surface area contributed by atoms with E-state index in [1.807, 2.05) is 18.2 Å². The molecular formula is C14H20ClN5. The van der Waals surface area contributed by atoms with Gasteiger partial charge in [0, 0.05) is 17.5 Å². The third kappa shape index (κ3) is 4.28. The summed E-state index contributed by atoms with van der Waals surface area (Å²) in [5, 5.41) is 16.5. The molecule has 1 aromatic heterocycles. The van der Waals surface area contributed by atoms with Crippen molar-refractivity contribution in [2.24, 2.45) is 7.05 Å². The van der Waals surface area contributed by atoms with Gasteiger partial charge in [-0.25, -0.2) is 0 Å². The van der Waals surface area contributed by atoms with Gasteiger partial charge in [0.2, 0.25) is 0 Å². The minimum Gasteiger partial charge on any atom is -0.313 e. The average Bonchev–Trinajstić information content (AvgIpc) is 2.84. The molecule has 1 atom stereocenters. The summed E-state index contributed by atoms with van der Waals surface area (Å²) >= 11 is 6.23. The highest BCUT2D eigenvalue weighted by molar-refractivity contribution is 6.31. The molecule has 2 rings (SSSR count). The molecule has 0 fully saturated rings. The highest BCUT2D eigenvalue weighted by Crippen LogP contribution is 2.17. The number of halogens is 1. The van der Waals surface area contributed by atoms with Gasteiger partial charge in [0.1, 0.15) is 0 Å². The van der Waals surface area contributed by atoms with E-state index in [1.54, 1.807) is 7.05 Å². The third-order valence-electron chi connectivity index (χ3n) is 3.09. The van der Waals surface area contributed by atoms with Crippen LogP contribution in [0.2, 0.25) is 5.02 Å². The van der Waals surface area contributed by atoms with Crippen molar-refractivity contribution < 1.29 is 0 Å². The number of tetrazole rings is 1. The van der Waals surface area contributed by atoms with Gasteiger partial charge in [0.15, 0.2) is 5.82 Å². The molecule has 108 valence electrons. The molecule has 0 aliphatic rings. The Hall–Kier alpha value is -1.46. The largest absolute Gasteiger partial charge is 0.313 e. The highest BCUT2D eigenvalue weighted by atomic mass is 35.5. The average molecular weight is 294 g/mol. The van der Waals surface area contributed by atoms with Gasteiger partial charge in [-0.05, 0) is 36.2 Å². The second-order valence-electron chi connectivity index (χ2n) is 4.85. The molecule has 0 spiro atoms. The van der Waals surface area contributed by atoms with Crippen molar-refractivity contribution in [3.8, 4) is 0 Å². The van der Waals surface area contributed by atoms with Crippen LogP contribution >= 0.6 is 11.6 Å². The first-order valence-electron chi connectivity index (χ1n) is 6.88. The molecule has 1 N–H and O–H groups in total. The quantitative estimate of drug-likeness (QED) is 0.848. The first-order valence-corrected chi connectivity index (χ1v) is 7.26. The molecule has 0 amide bonds. The van der Waals surface area contributed by atoms with E-state index < -0.39 is 0 Å². The van der Waals surface area contributed by atoms with Crippen molar-refractivity contribution in [3.05, 3.63) is 40.7 Å². The Labute approximate surface area is 124 Å². The lowest BCUT2D eigenvalue weighted by molar-refractivity contribution is 0.494. The minimum absolute atomic E-state index is 0.263. The van der Waals surface area contributed by atoms with E-state index in [9.17, 15) is 0 Å². The molecular weight excluding hydrogens is 274 g/mol. The van der Waals surface area contributed by atoms with Crippen LogP contribution in [0.25, 0.3) is 0 Å². The molecule has 1 unspecified atom stereocenters. The van der Waals surface area contributed by atoms with Gasteiger partial charge in [-0.15, -0.1) is 10.2 Å². The van der Waals surface area contributed by atoms with Gasteiger partial charge >= 0.3 is 0 Å². The van der Waals surface area contributed by atoms with Crippen LogP contribution in [-0.2, 0) is 19.9 Å². The first kappa shape index (κ1) is 14.9. The zero-order valence-corrected chi connectivity index (χ0v) is 12.6. The van der Waals surface area contributed by atoms with Gasteiger partial charge in [0.25, 0.3) is 0 Å². The Balaban J connectivity index is 2.05. The molecule has 5 nitrogen and oxygen atoms in total. The summed E-state index contributed by atoms with van der Waals surface area (Å²) in [6.07, 6.45) is 2.70. The number of hydrogen-bond acceptors (Lipinski definition) is 4. The summed E-state index contributed by atoms with van der Waals surface area (Å²) in [6.45, 7) is 3.12. The fourth-order valence-corrected chi connectivity index (χ4v) is 2.33. The number of nitrogens with one attached hydrogen (secondary N) is 1. The second-order valence-corrected chi connectivity index (χ2v) is 5.25. The van der Waals surface area contributed by atoms with E-state index in [-0.39, 0.29) is 6.04 Å². The number of hydrogen-bond donors (Lipinski definition) is 1. The molecule has 0 aliphatic carbocycles. The zero-order chi connectivity index (χ0) is 14.4. The van der Waals surface area contributed by atoms with Crippen LogP contribution in [-0.4, -0.2) is 32.8 Å². The van der Waals surface area contributed by atoms with Gasteiger partial charge < -0.3 is 5.32 Å². The van der Waals surface area contributed by atoms with Crippen molar-refractivity contribution >= 4 is 11.6 Å². The molecule has 0 bridgehead atoms. The zero-order valence-electron chi connectivity index (χ0n) is 11.9. The van der Waals surface area contributed by atoms with Gasteiger partial charge in [-0.1, -0.05) is 36.7 Å². The van der Waals surface area contributed by atoms with E-state index in [4.69, 9.17) is 11.6 Å². The normalized spacial score (nSPS) is 12.6. The Morgan fingerprint density at radius 2 is 2.10 bits per heavy atom. The third-order valence-corrected chi connectivity index (χ3v) is 3.45. The van der Waals surface area contributed by atoms with E-state index in [1.165, 1.54) is 4.80 Å². The Bertz CT molecular complexity index is 540. The summed E-state index contributed by atoms with van der Waals surface area (Å²) in [7, 11) is 1.78.